The van der Waals surface area contributed by atoms with E-state index in [0.29, 0.717) is 52.1 Å². The Labute approximate surface area is 171 Å². The standard InChI is InChI=1S/C22H28N4O3/c1-3-24-11-17(5-7-20(24)27)22(29)26-14-18-12-25(13-19(18)15-26)21(28)6-4-16-8-9-23(2)10-16/h4,6,8-10,17H,3,5,7,11-15H2,1-2H3/b6-4+. The van der Waals surface area contributed by atoms with Crippen LogP contribution in [0.1, 0.15) is 25.3 Å². The zero-order chi connectivity index (χ0) is 20.5. The van der Waals surface area contributed by atoms with Gasteiger partial charge in [0.25, 0.3) is 0 Å². The van der Waals surface area contributed by atoms with Gasteiger partial charge in [0.15, 0.2) is 0 Å². The summed E-state index contributed by atoms with van der Waals surface area (Å²) in [5.41, 5.74) is 3.39. The molecule has 0 bridgehead atoms. The maximum absolute atomic E-state index is 12.9. The van der Waals surface area contributed by atoms with Crippen LogP contribution in [0.4, 0.5) is 0 Å². The van der Waals surface area contributed by atoms with Crippen LogP contribution in [0.5, 0.6) is 0 Å². The summed E-state index contributed by atoms with van der Waals surface area (Å²) in [4.78, 5) is 42.8. The van der Waals surface area contributed by atoms with Crippen molar-refractivity contribution in [1.82, 2.24) is 19.3 Å². The second-order valence-corrected chi connectivity index (χ2v) is 8.21. The number of amides is 3. The Morgan fingerprint density at radius 1 is 1.14 bits per heavy atom. The van der Waals surface area contributed by atoms with Crippen molar-refractivity contribution >= 4 is 23.8 Å². The number of rotatable bonds is 4. The normalized spacial score (nSPS) is 22.2. The second-order valence-electron chi connectivity index (χ2n) is 8.21. The number of nitrogens with zero attached hydrogens (tertiary/aromatic N) is 4. The van der Waals surface area contributed by atoms with E-state index in [0.717, 1.165) is 5.56 Å². The van der Waals surface area contributed by atoms with Gasteiger partial charge in [-0.3, -0.25) is 14.4 Å². The lowest BCUT2D eigenvalue weighted by Crippen LogP contribution is -2.47. The molecule has 154 valence electrons. The molecule has 7 heteroatoms. The van der Waals surface area contributed by atoms with Gasteiger partial charge >= 0.3 is 0 Å². The molecule has 0 radical (unpaired) electrons. The first kappa shape index (κ1) is 19.5. The van der Waals surface area contributed by atoms with Crippen molar-refractivity contribution in [3.8, 4) is 0 Å². The Morgan fingerprint density at radius 3 is 2.45 bits per heavy atom. The third-order valence-corrected chi connectivity index (χ3v) is 6.15. The zero-order valence-electron chi connectivity index (χ0n) is 17.1. The van der Waals surface area contributed by atoms with Crippen LogP contribution in [0.25, 0.3) is 6.08 Å². The molecular formula is C22H28N4O3. The number of piperidine rings is 1. The zero-order valence-corrected chi connectivity index (χ0v) is 17.1. The second kappa shape index (κ2) is 7.89. The predicted molar refractivity (Wildman–Crippen MR) is 110 cm³/mol. The minimum Gasteiger partial charge on any atom is -0.357 e. The van der Waals surface area contributed by atoms with Crippen LogP contribution in [0.15, 0.2) is 35.7 Å². The van der Waals surface area contributed by atoms with E-state index >= 15 is 0 Å². The maximum Gasteiger partial charge on any atom is 0.247 e. The van der Waals surface area contributed by atoms with Gasteiger partial charge in [-0.2, -0.15) is 0 Å². The maximum atomic E-state index is 12.9. The molecule has 1 atom stereocenters. The summed E-state index contributed by atoms with van der Waals surface area (Å²) in [6.45, 7) is 5.56. The van der Waals surface area contributed by atoms with Crippen molar-refractivity contribution in [3.05, 3.63) is 41.2 Å². The van der Waals surface area contributed by atoms with Crippen LogP contribution in [0.2, 0.25) is 0 Å². The van der Waals surface area contributed by atoms with Crippen molar-refractivity contribution in [2.45, 2.75) is 19.8 Å². The van der Waals surface area contributed by atoms with Crippen molar-refractivity contribution in [2.24, 2.45) is 13.0 Å². The van der Waals surface area contributed by atoms with Crippen LogP contribution in [-0.4, -0.2) is 76.3 Å². The topological polar surface area (TPSA) is 65.9 Å². The summed E-state index contributed by atoms with van der Waals surface area (Å²) < 4.78 is 1.95. The van der Waals surface area contributed by atoms with Gasteiger partial charge in [0.05, 0.1) is 5.92 Å². The predicted octanol–water partition coefficient (Wildman–Crippen LogP) is 1.28. The third-order valence-electron chi connectivity index (χ3n) is 6.15. The van der Waals surface area contributed by atoms with Gasteiger partial charge in [-0.1, -0.05) is 0 Å². The van der Waals surface area contributed by atoms with Gasteiger partial charge in [0.1, 0.15) is 0 Å². The molecule has 7 nitrogen and oxygen atoms in total. The molecular weight excluding hydrogens is 368 g/mol. The Hall–Kier alpha value is -2.83. The van der Waals surface area contributed by atoms with E-state index in [9.17, 15) is 14.4 Å². The molecule has 4 rings (SSSR count). The van der Waals surface area contributed by atoms with E-state index in [1.165, 1.54) is 11.1 Å². The first-order valence-corrected chi connectivity index (χ1v) is 10.3. The number of likely N-dealkylation sites (tertiary alicyclic amines) is 1. The van der Waals surface area contributed by atoms with Gasteiger partial charge in [0.2, 0.25) is 17.7 Å². The number of aromatic nitrogens is 1. The summed E-state index contributed by atoms with van der Waals surface area (Å²) in [7, 11) is 1.95. The molecule has 29 heavy (non-hydrogen) atoms. The summed E-state index contributed by atoms with van der Waals surface area (Å²) in [6, 6.07) is 1.97. The van der Waals surface area contributed by atoms with Crippen LogP contribution < -0.4 is 0 Å². The molecule has 1 aromatic rings. The van der Waals surface area contributed by atoms with E-state index < -0.39 is 0 Å². The highest BCUT2D eigenvalue weighted by molar-refractivity contribution is 5.92. The molecule has 4 heterocycles. The lowest BCUT2D eigenvalue weighted by atomic mass is 9.96. The van der Waals surface area contributed by atoms with E-state index in [-0.39, 0.29) is 23.6 Å². The molecule has 0 N–H and O–H groups in total. The Balaban J connectivity index is 1.30. The number of carbonyl (C=O) groups excluding carboxylic acids is 3. The van der Waals surface area contributed by atoms with E-state index in [2.05, 4.69) is 0 Å². The summed E-state index contributed by atoms with van der Waals surface area (Å²) in [5.74, 6) is 0.202. The SMILES string of the molecule is CCN1CC(C(=O)N2CC3=C(CN(C(=O)/C=C/c4ccn(C)c4)C3)C2)CCC1=O. The highest BCUT2D eigenvalue weighted by Crippen LogP contribution is 2.29. The Bertz CT molecular complexity index is 880. The number of hydrogen-bond acceptors (Lipinski definition) is 3. The monoisotopic (exact) mass is 396 g/mol. The van der Waals surface area contributed by atoms with E-state index in [1.807, 2.05) is 52.9 Å². The van der Waals surface area contributed by atoms with Crippen LogP contribution in [0.3, 0.4) is 0 Å². The lowest BCUT2D eigenvalue weighted by Gasteiger charge is -2.33. The summed E-state index contributed by atoms with van der Waals surface area (Å²) in [5, 5.41) is 0. The van der Waals surface area contributed by atoms with Crippen LogP contribution in [0, 0.1) is 5.92 Å². The van der Waals surface area contributed by atoms with Crippen molar-refractivity contribution in [1.29, 1.82) is 0 Å². The lowest BCUT2D eigenvalue weighted by molar-refractivity contribution is -0.142. The molecule has 1 fully saturated rings. The number of aryl methyl sites for hydroxylation is 1. The highest BCUT2D eigenvalue weighted by atomic mass is 16.2. The first-order chi connectivity index (χ1) is 13.9. The highest BCUT2D eigenvalue weighted by Gasteiger charge is 2.37. The molecule has 0 aromatic carbocycles. The van der Waals surface area contributed by atoms with Gasteiger partial charge in [-0.25, -0.2) is 0 Å². The van der Waals surface area contributed by atoms with Crippen LogP contribution in [-0.2, 0) is 21.4 Å². The van der Waals surface area contributed by atoms with Gasteiger partial charge < -0.3 is 19.3 Å². The Morgan fingerprint density at radius 2 is 1.83 bits per heavy atom. The molecule has 1 saturated heterocycles. The quantitative estimate of drug-likeness (QED) is 0.569. The average Bonchev–Trinajstić information content (AvgIpc) is 3.40. The van der Waals surface area contributed by atoms with Crippen molar-refractivity contribution in [2.75, 3.05) is 39.3 Å². The fourth-order valence-corrected chi connectivity index (χ4v) is 4.47. The van der Waals surface area contributed by atoms with Gasteiger partial charge in [-0.05, 0) is 42.2 Å². The minimum atomic E-state index is -0.0979. The van der Waals surface area contributed by atoms with Crippen LogP contribution >= 0.6 is 0 Å². The number of carbonyl (C=O) groups is 3. The third kappa shape index (κ3) is 3.99. The summed E-state index contributed by atoms with van der Waals surface area (Å²) >= 11 is 0. The van der Waals surface area contributed by atoms with Gasteiger partial charge in [0, 0.05) is 71.2 Å². The fraction of sp³-hybridized carbons (Fsp3) is 0.500. The molecule has 3 aliphatic heterocycles. The molecule has 0 aliphatic carbocycles. The molecule has 3 amide bonds. The molecule has 1 aromatic heterocycles. The van der Waals surface area contributed by atoms with Gasteiger partial charge in [-0.15, -0.1) is 0 Å². The van der Waals surface area contributed by atoms with Crippen molar-refractivity contribution < 1.29 is 14.4 Å². The Kier molecular flexibility index (Phi) is 5.30. The van der Waals surface area contributed by atoms with Crippen molar-refractivity contribution in [3.63, 3.8) is 0 Å². The van der Waals surface area contributed by atoms with E-state index in [4.69, 9.17) is 0 Å². The number of hydrogen-bond donors (Lipinski definition) is 0. The molecule has 0 spiro atoms. The molecule has 3 aliphatic rings. The average molecular weight is 396 g/mol. The minimum absolute atomic E-state index is 0.00510. The molecule has 1 unspecified atom stereocenters. The van der Waals surface area contributed by atoms with E-state index in [1.54, 1.807) is 11.0 Å². The smallest absolute Gasteiger partial charge is 0.247 e. The largest absolute Gasteiger partial charge is 0.357 e. The fourth-order valence-electron chi connectivity index (χ4n) is 4.47. The summed E-state index contributed by atoms with van der Waals surface area (Å²) in [6.07, 6.45) is 8.48. The first-order valence-electron chi connectivity index (χ1n) is 10.3. The molecule has 0 saturated carbocycles.